The molecule has 0 aliphatic rings. The van der Waals surface area contributed by atoms with E-state index in [4.69, 9.17) is 18.9 Å². The van der Waals surface area contributed by atoms with Crippen LogP contribution in [0.15, 0.2) is 34.5 Å². The molecule has 0 spiro atoms. The molecule has 138 valence electrons. The van der Waals surface area contributed by atoms with Gasteiger partial charge in [0.2, 0.25) is 0 Å². The second-order valence-corrected chi connectivity index (χ2v) is 4.93. The molecule has 0 unspecified atom stereocenters. The minimum absolute atomic E-state index is 0.491. The Balaban J connectivity index is 1.97. The summed E-state index contributed by atoms with van der Waals surface area (Å²) in [5.74, 6) is 2.32. The lowest BCUT2D eigenvalue weighted by Gasteiger charge is -2.08. The van der Waals surface area contributed by atoms with Crippen LogP contribution in [0.3, 0.4) is 0 Å². The number of ether oxygens (including phenoxy) is 4. The predicted molar refractivity (Wildman–Crippen MR) is 99.6 cm³/mol. The number of nitrogens with zero attached hydrogens (tertiary/aromatic N) is 4. The number of hydrogen-bond donors (Lipinski definition) is 0. The zero-order valence-electron chi connectivity index (χ0n) is 15.3. The van der Waals surface area contributed by atoms with Crippen LogP contribution in [0.1, 0.15) is 11.4 Å². The molecule has 0 amide bonds. The summed E-state index contributed by atoms with van der Waals surface area (Å²) >= 11 is 0. The highest BCUT2D eigenvalue weighted by atomic mass is 16.5. The summed E-state index contributed by atoms with van der Waals surface area (Å²) in [6.45, 7) is 0.982. The van der Waals surface area contributed by atoms with Gasteiger partial charge in [-0.3, -0.25) is 20.0 Å². The topological polar surface area (TPSA) is 87.4 Å². The zero-order chi connectivity index (χ0) is 18.8. The largest absolute Gasteiger partial charge is 0.493 e. The first-order valence-electron chi connectivity index (χ1n) is 7.88. The third-order valence-electron chi connectivity index (χ3n) is 3.43. The number of aromatic nitrogens is 2. The maximum Gasteiger partial charge on any atom is 0.188 e. The fraction of sp³-hybridized carbons (Fsp3) is 0.333. The van der Waals surface area contributed by atoms with E-state index in [2.05, 4.69) is 20.0 Å². The van der Waals surface area contributed by atoms with Crippen molar-refractivity contribution < 1.29 is 18.9 Å². The van der Waals surface area contributed by atoms with Gasteiger partial charge in [-0.2, -0.15) is 0 Å². The Hall–Kier alpha value is -3.16. The lowest BCUT2D eigenvalue weighted by molar-refractivity contribution is 0.353. The summed E-state index contributed by atoms with van der Waals surface area (Å²) in [6.07, 6.45) is 6.56. The van der Waals surface area contributed by atoms with E-state index >= 15 is 0 Å². The van der Waals surface area contributed by atoms with Gasteiger partial charge < -0.3 is 18.9 Å². The van der Waals surface area contributed by atoms with E-state index < -0.39 is 0 Å². The van der Waals surface area contributed by atoms with Crippen molar-refractivity contribution in [2.24, 2.45) is 9.98 Å². The Labute approximate surface area is 152 Å². The summed E-state index contributed by atoms with van der Waals surface area (Å²) in [5, 5.41) is 0. The number of hydrogen-bond acceptors (Lipinski definition) is 8. The summed E-state index contributed by atoms with van der Waals surface area (Å²) in [7, 11) is 6.29. The molecule has 0 aliphatic heterocycles. The quantitative estimate of drug-likeness (QED) is 0.504. The molecular weight excluding hydrogens is 336 g/mol. The van der Waals surface area contributed by atoms with Crippen LogP contribution in [-0.4, -0.2) is 63.9 Å². The van der Waals surface area contributed by atoms with Gasteiger partial charge in [-0.25, -0.2) is 0 Å². The number of aliphatic imine (C=N–C) groups is 2. The Morgan fingerprint density at radius 1 is 0.731 bits per heavy atom. The molecule has 0 saturated heterocycles. The third kappa shape index (κ3) is 4.69. The zero-order valence-corrected chi connectivity index (χ0v) is 15.3. The molecule has 0 N–H and O–H groups in total. The van der Waals surface area contributed by atoms with Gasteiger partial charge in [-0.15, -0.1) is 0 Å². The first-order chi connectivity index (χ1) is 12.7. The maximum absolute atomic E-state index is 5.31. The number of pyridine rings is 2. The van der Waals surface area contributed by atoms with Crippen molar-refractivity contribution in [3.05, 3.63) is 35.9 Å². The third-order valence-corrected chi connectivity index (χ3v) is 3.43. The van der Waals surface area contributed by atoms with E-state index in [9.17, 15) is 0 Å². The van der Waals surface area contributed by atoms with Gasteiger partial charge >= 0.3 is 0 Å². The van der Waals surface area contributed by atoms with Crippen LogP contribution in [0.5, 0.6) is 23.0 Å². The van der Waals surface area contributed by atoms with Crippen LogP contribution in [-0.2, 0) is 0 Å². The molecular formula is C18H22N4O4. The Morgan fingerprint density at radius 3 is 1.50 bits per heavy atom. The van der Waals surface area contributed by atoms with Gasteiger partial charge in [0.05, 0.1) is 54.0 Å². The van der Waals surface area contributed by atoms with Crippen molar-refractivity contribution in [2.45, 2.75) is 0 Å². The van der Waals surface area contributed by atoms with Gasteiger partial charge in [0.25, 0.3) is 0 Å². The van der Waals surface area contributed by atoms with Gasteiger partial charge in [0.1, 0.15) is 11.4 Å². The van der Waals surface area contributed by atoms with E-state index in [0.717, 1.165) is 0 Å². The Kier molecular flexibility index (Phi) is 7.35. The summed E-state index contributed by atoms with van der Waals surface area (Å²) in [4.78, 5) is 17.1. The second kappa shape index (κ2) is 9.97. The molecule has 2 rings (SSSR count). The highest BCUT2D eigenvalue weighted by molar-refractivity contribution is 5.83. The Bertz CT molecular complexity index is 712. The first-order valence-corrected chi connectivity index (χ1v) is 7.88. The number of rotatable bonds is 9. The lowest BCUT2D eigenvalue weighted by Crippen LogP contribution is -2.00. The molecule has 8 heteroatoms. The normalized spacial score (nSPS) is 11.1. The van der Waals surface area contributed by atoms with Crippen molar-refractivity contribution >= 4 is 12.4 Å². The monoisotopic (exact) mass is 358 g/mol. The summed E-state index contributed by atoms with van der Waals surface area (Å²) in [6, 6.07) is 3.46. The average molecular weight is 358 g/mol. The van der Waals surface area contributed by atoms with Crippen molar-refractivity contribution in [1.82, 2.24) is 9.97 Å². The molecule has 0 bridgehead atoms. The van der Waals surface area contributed by atoms with Crippen molar-refractivity contribution in [3.63, 3.8) is 0 Å². The van der Waals surface area contributed by atoms with Crippen molar-refractivity contribution in [1.29, 1.82) is 0 Å². The molecule has 2 heterocycles. The van der Waals surface area contributed by atoms with Crippen LogP contribution in [0.25, 0.3) is 0 Å². The average Bonchev–Trinajstić information content (AvgIpc) is 2.69. The molecule has 0 fully saturated rings. The smallest absolute Gasteiger partial charge is 0.188 e. The van der Waals surface area contributed by atoms with Gasteiger partial charge in [-0.1, -0.05) is 0 Å². The molecule has 0 saturated carbocycles. The lowest BCUT2D eigenvalue weighted by atomic mass is 10.3. The second-order valence-electron chi connectivity index (χ2n) is 4.93. The van der Waals surface area contributed by atoms with Gasteiger partial charge in [0.15, 0.2) is 23.0 Å². The molecule has 8 nitrogen and oxygen atoms in total. The summed E-state index contributed by atoms with van der Waals surface area (Å²) < 4.78 is 21.1. The van der Waals surface area contributed by atoms with E-state index in [1.807, 2.05) is 0 Å². The molecule has 0 aliphatic carbocycles. The van der Waals surface area contributed by atoms with Crippen LogP contribution >= 0.6 is 0 Å². The summed E-state index contributed by atoms with van der Waals surface area (Å²) in [5.41, 5.74) is 1.21. The van der Waals surface area contributed by atoms with Crippen LogP contribution in [0.4, 0.5) is 0 Å². The van der Waals surface area contributed by atoms with Crippen LogP contribution in [0.2, 0.25) is 0 Å². The number of methoxy groups -OCH3 is 4. The van der Waals surface area contributed by atoms with E-state index in [0.29, 0.717) is 47.5 Å². The SMILES string of the molecule is COc1ccnc(C=NCCN=Cc2nccc(OC)c2OC)c1OC. The first kappa shape index (κ1) is 19.2. The van der Waals surface area contributed by atoms with Gasteiger partial charge in [0, 0.05) is 24.5 Å². The fourth-order valence-corrected chi connectivity index (χ4v) is 2.22. The van der Waals surface area contributed by atoms with E-state index in [-0.39, 0.29) is 0 Å². The van der Waals surface area contributed by atoms with Crippen molar-refractivity contribution in [3.8, 4) is 23.0 Å². The molecule has 2 aromatic heterocycles. The van der Waals surface area contributed by atoms with Crippen molar-refractivity contribution in [2.75, 3.05) is 41.5 Å². The minimum atomic E-state index is 0.491. The molecule has 26 heavy (non-hydrogen) atoms. The van der Waals surface area contributed by atoms with E-state index in [1.54, 1.807) is 65.4 Å². The minimum Gasteiger partial charge on any atom is -0.493 e. The Morgan fingerprint density at radius 2 is 1.15 bits per heavy atom. The highest BCUT2D eigenvalue weighted by Crippen LogP contribution is 2.28. The van der Waals surface area contributed by atoms with Gasteiger partial charge in [-0.05, 0) is 0 Å². The molecule has 0 atom stereocenters. The fourth-order valence-electron chi connectivity index (χ4n) is 2.22. The molecule has 0 radical (unpaired) electrons. The van der Waals surface area contributed by atoms with Crippen LogP contribution < -0.4 is 18.9 Å². The molecule has 0 aromatic carbocycles. The van der Waals surface area contributed by atoms with E-state index in [1.165, 1.54) is 0 Å². The predicted octanol–water partition coefficient (Wildman–Crippen LogP) is 2.05. The van der Waals surface area contributed by atoms with Crippen LogP contribution in [0, 0.1) is 0 Å². The highest BCUT2D eigenvalue weighted by Gasteiger charge is 2.09. The standard InChI is InChI=1S/C18H22N4O4/c1-23-15-5-7-21-13(17(15)25-3)11-19-9-10-20-12-14-18(26-4)16(24-2)6-8-22-14/h5-8,11-12H,9-10H2,1-4H3. The molecule has 2 aromatic rings. The maximum atomic E-state index is 5.31.